The highest BCUT2D eigenvalue weighted by Crippen LogP contribution is 2.09. The first-order chi connectivity index (χ1) is 6.43. The normalized spacial score (nSPS) is 9.92. The molecule has 1 nitrogen and oxygen atoms in total. The number of hydrogen-bond acceptors (Lipinski definition) is 1. The van der Waals surface area contributed by atoms with Crippen molar-refractivity contribution in [3.05, 3.63) is 36.8 Å². The molecule has 1 rings (SSSR count). The van der Waals surface area contributed by atoms with Crippen molar-refractivity contribution in [1.82, 2.24) is 0 Å². The minimum Gasteiger partial charge on any atom is -0.494 e. The number of para-hydroxylation sites is 1. The van der Waals surface area contributed by atoms with E-state index in [-0.39, 0.29) is 0 Å². The number of unbranched alkanes of at least 4 members (excludes halogenated alkanes) is 3. The minimum absolute atomic E-state index is 0.831. The third kappa shape index (κ3) is 4.56. The van der Waals surface area contributed by atoms with E-state index in [0.29, 0.717) is 0 Å². The van der Waals surface area contributed by atoms with Gasteiger partial charge in [0.15, 0.2) is 0 Å². The third-order valence-corrected chi connectivity index (χ3v) is 1.90. The molecule has 1 heteroatoms. The Balaban J connectivity index is 2.07. The van der Waals surface area contributed by atoms with Crippen LogP contribution in [0.15, 0.2) is 30.3 Å². The van der Waals surface area contributed by atoms with Crippen molar-refractivity contribution in [2.24, 2.45) is 0 Å². The lowest BCUT2D eigenvalue weighted by atomic mass is 10.2. The SMILES string of the molecule is C[CH]CCCCOc1ccccc1. The van der Waals surface area contributed by atoms with E-state index < -0.39 is 0 Å². The molecule has 13 heavy (non-hydrogen) atoms. The van der Waals surface area contributed by atoms with Crippen molar-refractivity contribution in [2.45, 2.75) is 26.2 Å². The average Bonchev–Trinajstić information content (AvgIpc) is 2.19. The highest BCUT2D eigenvalue weighted by Gasteiger charge is 1.91. The molecule has 0 bridgehead atoms. The van der Waals surface area contributed by atoms with Crippen molar-refractivity contribution in [2.75, 3.05) is 6.61 Å². The van der Waals surface area contributed by atoms with Crippen molar-refractivity contribution >= 4 is 0 Å². The topological polar surface area (TPSA) is 9.23 Å². The van der Waals surface area contributed by atoms with Crippen LogP contribution in [-0.4, -0.2) is 6.61 Å². The van der Waals surface area contributed by atoms with Crippen LogP contribution in [0.5, 0.6) is 5.75 Å². The van der Waals surface area contributed by atoms with Crippen LogP contribution in [0.3, 0.4) is 0 Å². The van der Waals surface area contributed by atoms with E-state index in [1.807, 2.05) is 30.3 Å². The van der Waals surface area contributed by atoms with E-state index in [1.165, 1.54) is 12.8 Å². The van der Waals surface area contributed by atoms with E-state index in [1.54, 1.807) is 0 Å². The highest BCUT2D eigenvalue weighted by atomic mass is 16.5. The summed E-state index contributed by atoms with van der Waals surface area (Å²) in [6, 6.07) is 9.97. The molecule has 1 aromatic rings. The Kier molecular flexibility index (Phi) is 5.07. The summed E-state index contributed by atoms with van der Waals surface area (Å²) in [4.78, 5) is 0. The Labute approximate surface area is 80.7 Å². The van der Waals surface area contributed by atoms with E-state index in [2.05, 4.69) is 13.3 Å². The van der Waals surface area contributed by atoms with E-state index in [4.69, 9.17) is 4.74 Å². The summed E-state index contributed by atoms with van der Waals surface area (Å²) in [5.74, 6) is 0.975. The van der Waals surface area contributed by atoms with Gasteiger partial charge in [-0.25, -0.2) is 0 Å². The highest BCUT2D eigenvalue weighted by molar-refractivity contribution is 5.20. The van der Waals surface area contributed by atoms with Crippen LogP contribution in [-0.2, 0) is 0 Å². The molecule has 0 aliphatic heterocycles. The lowest BCUT2D eigenvalue weighted by Gasteiger charge is -2.04. The summed E-state index contributed by atoms with van der Waals surface area (Å²) in [7, 11) is 0. The quantitative estimate of drug-likeness (QED) is 0.605. The van der Waals surface area contributed by atoms with Crippen molar-refractivity contribution < 1.29 is 4.74 Å². The molecule has 1 radical (unpaired) electrons. The smallest absolute Gasteiger partial charge is 0.119 e. The zero-order valence-electron chi connectivity index (χ0n) is 8.20. The van der Waals surface area contributed by atoms with Crippen LogP contribution in [0, 0.1) is 6.42 Å². The molecule has 0 unspecified atom stereocenters. The summed E-state index contributed by atoms with van der Waals surface area (Å²) in [5.41, 5.74) is 0. The second-order valence-corrected chi connectivity index (χ2v) is 3.07. The Bertz CT molecular complexity index is 206. The summed E-state index contributed by atoms with van der Waals surface area (Å²) in [6.07, 6.45) is 5.75. The van der Waals surface area contributed by atoms with Gasteiger partial charge < -0.3 is 4.74 Å². The molecular formula is C12H17O. The summed E-state index contributed by atoms with van der Waals surface area (Å²) in [5, 5.41) is 0. The fourth-order valence-corrected chi connectivity index (χ4v) is 1.16. The van der Waals surface area contributed by atoms with Gasteiger partial charge in [0.05, 0.1) is 6.61 Å². The van der Waals surface area contributed by atoms with Gasteiger partial charge in [0.1, 0.15) is 5.75 Å². The van der Waals surface area contributed by atoms with Crippen LogP contribution < -0.4 is 4.74 Å². The maximum absolute atomic E-state index is 5.54. The Hall–Kier alpha value is -0.980. The molecule has 0 heterocycles. The zero-order chi connectivity index (χ0) is 9.36. The molecule has 0 saturated heterocycles. The fraction of sp³-hybridized carbons (Fsp3) is 0.417. The molecule has 0 aliphatic carbocycles. The van der Waals surface area contributed by atoms with Gasteiger partial charge in [0.25, 0.3) is 0 Å². The standard InChI is InChI=1S/C12H17O/c1-2-3-4-8-11-13-12-9-6-5-7-10-12/h2,5-7,9-10H,3-4,8,11H2,1H3. The molecular weight excluding hydrogens is 160 g/mol. The Morgan fingerprint density at radius 3 is 2.62 bits per heavy atom. The Morgan fingerprint density at radius 2 is 1.92 bits per heavy atom. The van der Waals surface area contributed by atoms with Crippen molar-refractivity contribution in [3.63, 3.8) is 0 Å². The minimum atomic E-state index is 0.831. The molecule has 0 fully saturated rings. The Morgan fingerprint density at radius 1 is 1.15 bits per heavy atom. The number of hydrogen-bond donors (Lipinski definition) is 0. The molecule has 71 valence electrons. The average molecular weight is 177 g/mol. The van der Waals surface area contributed by atoms with E-state index in [9.17, 15) is 0 Å². The fourth-order valence-electron chi connectivity index (χ4n) is 1.16. The number of rotatable bonds is 6. The lowest BCUT2D eigenvalue weighted by molar-refractivity contribution is 0.307. The summed E-state index contributed by atoms with van der Waals surface area (Å²) in [6.45, 7) is 2.93. The predicted octanol–water partition coefficient (Wildman–Crippen LogP) is 3.46. The van der Waals surface area contributed by atoms with Crippen LogP contribution >= 0.6 is 0 Å². The lowest BCUT2D eigenvalue weighted by Crippen LogP contribution is -1.96. The van der Waals surface area contributed by atoms with Gasteiger partial charge in [-0.2, -0.15) is 0 Å². The van der Waals surface area contributed by atoms with E-state index in [0.717, 1.165) is 18.8 Å². The molecule has 0 spiro atoms. The second-order valence-electron chi connectivity index (χ2n) is 3.07. The first-order valence-electron chi connectivity index (χ1n) is 4.89. The van der Waals surface area contributed by atoms with Crippen molar-refractivity contribution in [3.8, 4) is 5.75 Å². The summed E-state index contributed by atoms with van der Waals surface area (Å²) >= 11 is 0. The van der Waals surface area contributed by atoms with Gasteiger partial charge in [-0.05, 0) is 31.4 Å². The zero-order valence-corrected chi connectivity index (χ0v) is 8.20. The predicted molar refractivity (Wildman–Crippen MR) is 55.8 cm³/mol. The molecule has 0 atom stereocenters. The molecule has 0 saturated carbocycles. The maximum Gasteiger partial charge on any atom is 0.119 e. The number of ether oxygens (including phenoxy) is 1. The van der Waals surface area contributed by atoms with Gasteiger partial charge in [-0.3, -0.25) is 0 Å². The number of benzene rings is 1. The monoisotopic (exact) mass is 177 g/mol. The molecule has 0 aliphatic rings. The first-order valence-corrected chi connectivity index (χ1v) is 4.89. The van der Waals surface area contributed by atoms with Gasteiger partial charge in [-0.1, -0.05) is 31.5 Å². The van der Waals surface area contributed by atoms with Crippen LogP contribution in [0.4, 0.5) is 0 Å². The molecule has 0 aromatic heterocycles. The van der Waals surface area contributed by atoms with Gasteiger partial charge >= 0.3 is 0 Å². The van der Waals surface area contributed by atoms with Crippen LogP contribution in [0.2, 0.25) is 0 Å². The molecule has 0 amide bonds. The van der Waals surface area contributed by atoms with Gasteiger partial charge in [0.2, 0.25) is 0 Å². The first kappa shape index (κ1) is 10.1. The van der Waals surface area contributed by atoms with Gasteiger partial charge in [-0.15, -0.1) is 0 Å². The molecule has 0 N–H and O–H groups in total. The van der Waals surface area contributed by atoms with Gasteiger partial charge in [0, 0.05) is 0 Å². The largest absolute Gasteiger partial charge is 0.494 e. The second kappa shape index (κ2) is 6.53. The maximum atomic E-state index is 5.54. The van der Waals surface area contributed by atoms with Crippen molar-refractivity contribution in [1.29, 1.82) is 0 Å². The van der Waals surface area contributed by atoms with Crippen LogP contribution in [0.1, 0.15) is 26.2 Å². The van der Waals surface area contributed by atoms with E-state index >= 15 is 0 Å². The third-order valence-electron chi connectivity index (χ3n) is 1.90. The van der Waals surface area contributed by atoms with Crippen LogP contribution in [0.25, 0.3) is 0 Å². The molecule has 1 aromatic carbocycles. The summed E-state index contributed by atoms with van der Waals surface area (Å²) < 4.78 is 5.54.